The lowest BCUT2D eigenvalue weighted by molar-refractivity contribution is -0.119. The second kappa shape index (κ2) is 7.08. The van der Waals surface area contributed by atoms with Gasteiger partial charge in [0.15, 0.2) is 0 Å². The van der Waals surface area contributed by atoms with E-state index < -0.39 is 29.1 Å². The van der Waals surface area contributed by atoms with Gasteiger partial charge in [0.05, 0.1) is 11.6 Å². The first kappa shape index (κ1) is 18.2. The number of nitrogens with zero attached hydrogens (tertiary/aromatic N) is 3. The molecule has 3 heterocycles. The number of fused-ring (bicyclic) bond motifs is 1. The largest absolute Gasteiger partial charge is 0.340 e. The van der Waals surface area contributed by atoms with Crippen molar-refractivity contribution in [3.05, 3.63) is 51.6 Å². The average Bonchev–Trinajstić information content (AvgIpc) is 2.68. The topological polar surface area (TPSA) is 102 Å². The molecule has 2 aliphatic rings. The van der Waals surface area contributed by atoms with Gasteiger partial charge in [-0.15, -0.1) is 0 Å². The van der Waals surface area contributed by atoms with Gasteiger partial charge < -0.3 is 10.2 Å². The SMILES string of the molecule is C[C@@H]1CCCCN1c1nc2c(c(=O)[nH]1)[C@H](c1ccc(F)cc1)[C@H](C#N)C(=O)N2. The molecule has 0 bridgehead atoms. The van der Waals surface area contributed by atoms with Crippen LogP contribution in [0.4, 0.5) is 16.2 Å². The Labute approximate surface area is 161 Å². The lowest BCUT2D eigenvalue weighted by Crippen LogP contribution is -2.42. The van der Waals surface area contributed by atoms with Gasteiger partial charge >= 0.3 is 0 Å². The fourth-order valence-electron chi connectivity index (χ4n) is 4.08. The minimum absolute atomic E-state index is 0.169. The molecule has 28 heavy (non-hydrogen) atoms. The van der Waals surface area contributed by atoms with Crippen molar-refractivity contribution in [3.63, 3.8) is 0 Å². The highest BCUT2D eigenvalue weighted by Crippen LogP contribution is 2.38. The monoisotopic (exact) mass is 381 g/mol. The van der Waals surface area contributed by atoms with Gasteiger partial charge in [-0.3, -0.25) is 14.6 Å². The smallest absolute Gasteiger partial charge is 0.258 e. The number of aromatic nitrogens is 2. The number of H-pyrrole nitrogens is 1. The van der Waals surface area contributed by atoms with E-state index in [0.717, 1.165) is 25.8 Å². The second-order valence-corrected chi connectivity index (χ2v) is 7.32. The predicted octanol–water partition coefficient (Wildman–Crippen LogP) is 2.51. The Morgan fingerprint density at radius 2 is 2.00 bits per heavy atom. The summed E-state index contributed by atoms with van der Waals surface area (Å²) in [5.41, 5.74) is 0.356. The molecule has 2 aromatic rings. The lowest BCUT2D eigenvalue weighted by atomic mass is 9.79. The van der Waals surface area contributed by atoms with E-state index in [1.54, 1.807) is 0 Å². The van der Waals surface area contributed by atoms with E-state index in [4.69, 9.17) is 0 Å². The van der Waals surface area contributed by atoms with Gasteiger partial charge in [-0.05, 0) is 43.9 Å². The summed E-state index contributed by atoms with van der Waals surface area (Å²) < 4.78 is 13.4. The maximum absolute atomic E-state index is 13.4. The van der Waals surface area contributed by atoms with Crippen molar-refractivity contribution in [3.8, 4) is 6.07 Å². The number of hydrogen-bond acceptors (Lipinski definition) is 5. The second-order valence-electron chi connectivity index (χ2n) is 7.32. The molecule has 4 rings (SSSR count). The van der Waals surface area contributed by atoms with Gasteiger partial charge in [0.25, 0.3) is 5.56 Å². The molecule has 1 saturated heterocycles. The minimum atomic E-state index is -1.10. The first-order chi connectivity index (χ1) is 13.5. The number of carbonyl (C=O) groups is 1. The van der Waals surface area contributed by atoms with E-state index in [9.17, 15) is 19.2 Å². The van der Waals surface area contributed by atoms with Crippen molar-refractivity contribution in [2.24, 2.45) is 5.92 Å². The van der Waals surface area contributed by atoms with E-state index in [-0.39, 0.29) is 17.4 Å². The van der Waals surface area contributed by atoms with Gasteiger partial charge in [0.2, 0.25) is 11.9 Å². The third kappa shape index (κ3) is 3.03. The highest BCUT2D eigenvalue weighted by molar-refractivity contribution is 5.97. The van der Waals surface area contributed by atoms with Crippen molar-refractivity contribution < 1.29 is 9.18 Å². The number of nitrogens with one attached hydrogen (secondary N) is 2. The number of carbonyl (C=O) groups excluding carboxylic acids is 1. The number of amides is 1. The van der Waals surface area contributed by atoms with Gasteiger partial charge in [-0.2, -0.15) is 10.2 Å². The highest BCUT2D eigenvalue weighted by atomic mass is 19.1. The molecule has 0 saturated carbocycles. The molecule has 1 amide bonds. The third-order valence-corrected chi connectivity index (χ3v) is 5.55. The molecule has 1 aromatic carbocycles. The van der Waals surface area contributed by atoms with Crippen LogP contribution in [-0.2, 0) is 4.79 Å². The summed E-state index contributed by atoms with van der Waals surface area (Å²) in [7, 11) is 0. The number of halogens is 1. The molecule has 1 aromatic heterocycles. The van der Waals surface area contributed by atoms with E-state index >= 15 is 0 Å². The van der Waals surface area contributed by atoms with Crippen LogP contribution in [0.15, 0.2) is 29.1 Å². The average molecular weight is 381 g/mol. The maximum Gasteiger partial charge on any atom is 0.258 e. The molecule has 7 nitrogen and oxygen atoms in total. The summed E-state index contributed by atoms with van der Waals surface area (Å²) in [5, 5.41) is 12.1. The number of rotatable bonds is 2. The van der Waals surface area contributed by atoms with E-state index in [1.807, 2.05) is 11.0 Å². The van der Waals surface area contributed by atoms with Gasteiger partial charge in [-0.1, -0.05) is 12.1 Å². The number of piperidine rings is 1. The molecule has 144 valence electrons. The number of nitriles is 1. The third-order valence-electron chi connectivity index (χ3n) is 5.55. The van der Waals surface area contributed by atoms with Crippen molar-refractivity contribution in [2.45, 2.75) is 38.1 Å². The quantitative estimate of drug-likeness (QED) is 0.832. The molecule has 0 spiro atoms. The summed E-state index contributed by atoms with van der Waals surface area (Å²) in [5.74, 6) is -2.26. The molecule has 0 unspecified atom stereocenters. The van der Waals surface area contributed by atoms with E-state index in [0.29, 0.717) is 11.5 Å². The molecular formula is C20H20FN5O2. The minimum Gasteiger partial charge on any atom is -0.340 e. The maximum atomic E-state index is 13.4. The fourth-order valence-corrected chi connectivity index (χ4v) is 4.08. The van der Waals surface area contributed by atoms with Gasteiger partial charge in [0, 0.05) is 18.5 Å². The number of benzene rings is 1. The Morgan fingerprint density at radius 3 is 2.68 bits per heavy atom. The van der Waals surface area contributed by atoms with Crippen LogP contribution in [0.25, 0.3) is 0 Å². The summed E-state index contributed by atoms with van der Waals surface area (Å²) in [4.78, 5) is 34.9. The molecular weight excluding hydrogens is 361 g/mol. The zero-order valence-corrected chi connectivity index (χ0v) is 15.4. The van der Waals surface area contributed by atoms with Gasteiger partial charge in [-0.25, -0.2) is 4.39 Å². The molecule has 0 radical (unpaired) electrons. The molecule has 2 aliphatic heterocycles. The van der Waals surface area contributed by atoms with Crippen LogP contribution < -0.4 is 15.8 Å². The molecule has 3 atom stereocenters. The Morgan fingerprint density at radius 1 is 1.25 bits per heavy atom. The summed E-state index contributed by atoms with van der Waals surface area (Å²) in [6.07, 6.45) is 3.13. The van der Waals surface area contributed by atoms with Crippen LogP contribution in [0.2, 0.25) is 0 Å². The Bertz CT molecular complexity index is 1010. The standard InChI is InChI=1S/C20H20FN5O2/c1-11-4-2-3-9-26(11)20-24-17-16(19(28)25-20)15(14(10-22)18(27)23-17)12-5-7-13(21)8-6-12/h5-8,11,14-15H,2-4,9H2,1H3,(H2,23,24,25,27,28)/t11-,14+,15-/m1/s1. The number of aromatic amines is 1. The lowest BCUT2D eigenvalue weighted by Gasteiger charge is -2.35. The molecule has 8 heteroatoms. The predicted molar refractivity (Wildman–Crippen MR) is 101 cm³/mol. The van der Waals surface area contributed by atoms with Crippen LogP contribution in [0, 0.1) is 23.1 Å². The summed E-state index contributed by atoms with van der Waals surface area (Å²) >= 11 is 0. The number of hydrogen-bond donors (Lipinski definition) is 2. The Balaban J connectivity index is 1.84. The molecule has 2 N–H and O–H groups in total. The normalized spacial score (nSPS) is 24.2. The van der Waals surface area contributed by atoms with Crippen LogP contribution >= 0.6 is 0 Å². The van der Waals surface area contributed by atoms with Crippen LogP contribution in [0.3, 0.4) is 0 Å². The van der Waals surface area contributed by atoms with Crippen molar-refractivity contribution in [2.75, 3.05) is 16.8 Å². The number of anilines is 2. The summed E-state index contributed by atoms with van der Waals surface area (Å²) in [6.45, 7) is 2.85. The van der Waals surface area contributed by atoms with Crippen molar-refractivity contribution in [1.82, 2.24) is 9.97 Å². The zero-order valence-electron chi connectivity index (χ0n) is 15.4. The van der Waals surface area contributed by atoms with Crippen LogP contribution in [0.1, 0.15) is 43.2 Å². The van der Waals surface area contributed by atoms with E-state index in [1.165, 1.54) is 24.3 Å². The zero-order chi connectivity index (χ0) is 19.8. The van der Waals surface area contributed by atoms with Gasteiger partial charge in [0.1, 0.15) is 17.6 Å². The molecule has 0 aliphatic carbocycles. The first-order valence-corrected chi connectivity index (χ1v) is 9.36. The van der Waals surface area contributed by atoms with Crippen LogP contribution in [-0.4, -0.2) is 28.5 Å². The first-order valence-electron chi connectivity index (χ1n) is 9.36. The highest BCUT2D eigenvalue weighted by Gasteiger charge is 2.40. The van der Waals surface area contributed by atoms with Crippen LogP contribution in [0.5, 0.6) is 0 Å². The Kier molecular flexibility index (Phi) is 4.59. The van der Waals surface area contributed by atoms with E-state index in [2.05, 4.69) is 22.2 Å². The Hall–Kier alpha value is -3.21. The van der Waals surface area contributed by atoms with Crippen molar-refractivity contribution >= 4 is 17.7 Å². The fraction of sp³-hybridized carbons (Fsp3) is 0.400. The van der Waals surface area contributed by atoms with Crippen molar-refractivity contribution in [1.29, 1.82) is 5.26 Å². The molecule has 1 fully saturated rings. The summed E-state index contributed by atoms with van der Waals surface area (Å²) in [6, 6.07) is 7.69.